The van der Waals surface area contributed by atoms with E-state index < -0.39 is 0 Å². The topological polar surface area (TPSA) is 82.2 Å². The molecule has 0 radical (unpaired) electrons. The summed E-state index contributed by atoms with van der Waals surface area (Å²) in [6.07, 6.45) is 0.770. The molecule has 3 heterocycles. The summed E-state index contributed by atoms with van der Waals surface area (Å²) in [5.74, 6) is 0. The summed E-state index contributed by atoms with van der Waals surface area (Å²) in [4.78, 5) is 38.9. The van der Waals surface area contributed by atoms with E-state index in [1.807, 2.05) is 25.1 Å². The zero-order valence-electron chi connectivity index (χ0n) is 16.4. The lowest BCUT2D eigenvalue weighted by molar-refractivity contribution is 0.111. The predicted molar refractivity (Wildman–Crippen MR) is 114 cm³/mol. The summed E-state index contributed by atoms with van der Waals surface area (Å²) in [6, 6.07) is 7.60. The number of H-pyrrole nitrogens is 1. The minimum absolute atomic E-state index is 0.213. The summed E-state index contributed by atoms with van der Waals surface area (Å²) in [5, 5.41) is 0.555. The third kappa shape index (κ3) is 3.88. The number of pyridine rings is 1. The highest BCUT2D eigenvalue weighted by atomic mass is 35.5. The molecule has 0 saturated carbocycles. The number of aromatic nitrogens is 3. The molecule has 3 aromatic rings. The number of carbonyl (C=O) groups is 1. The molecule has 1 aliphatic heterocycles. The maximum atomic E-state index is 11.9. The number of carbonyl (C=O) groups excluding carboxylic acids is 1. The minimum atomic E-state index is -0.213. The Balaban J connectivity index is 1.47. The number of aldehydes is 1. The van der Waals surface area contributed by atoms with Crippen LogP contribution in [-0.4, -0.2) is 52.3 Å². The zero-order chi connectivity index (χ0) is 20.5. The smallest absolute Gasteiger partial charge is 0.269 e. The molecule has 4 rings (SSSR count). The molecular weight excluding hydrogens is 390 g/mol. The molecule has 1 aliphatic rings. The van der Waals surface area contributed by atoms with Crippen molar-refractivity contribution in [3.05, 3.63) is 62.3 Å². The Morgan fingerprint density at radius 1 is 1.07 bits per heavy atom. The summed E-state index contributed by atoms with van der Waals surface area (Å²) in [7, 11) is 0. The quantitative estimate of drug-likeness (QED) is 0.665. The summed E-state index contributed by atoms with van der Waals surface area (Å²) < 4.78 is 0. The average molecular weight is 412 g/mol. The van der Waals surface area contributed by atoms with Crippen LogP contribution in [-0.2, 0) is 6.54 Å². The number of aromatic amines is 1. The molecule has 0 amide bonds. The fourth-order valence-electron chi connectivity index (χ4n) is 3.74. The number of nitrogens with one attached hydrogen (secondary N) is 1. The number of anilines is 1. The number of hydrogen-bond donors (Lipinski definition) is 1. The van der Waals surface area contributed by atoms with Crippen molar-refractivity contribution >= 4 is 34.6 Å². The monoisotopic (exact) mass is 411 g/mol. The Morgan fingerprint density at radius 2 is 1.83 bits per heavy atom. The van der Waals surface area contributed by atoms with Gasteiger partial charge in [-0.25, -0.2) is 9.97 Å². The maximum Gasteiger partial charge on any atom is 0.269 e. The fraction of sp³-hybridized carbons (Fsp3) is 0.333. The second-order valence-electron chi connectivity index (χ2n) is 7.31. The molecule has 8 heteroatoms. The summed E-state index contributed by atoms with van der Waals surface area (Å²) in [6.45, 7) is 7.82. The zero-order valence-corrected chi connectivity index (χ0v) is 17.2. The van der Waals surface area contributed by atoms with Gasteiger partial charge in [0.1, 0.15) is 11.4 Å². The molecule has 1 saturated heterocycles. The number of nitrogens with zero attached hydrogens (tertiary/aromatic N) is 4. The van der Waals surface area contributed by atoms with Gasteiger partial charge in [0.25, 0.3) is 5.56 Å². The van der Waals surface area contributed by atoms with Crippen molar-refractivity contribution < 1.29 is 4.79 Å². The predicted octanol–water partition coefficient (Wildman–Crippen LogP) is 2.72. The first-order valence-corrected chi connectivity index (χ1v) is 9.92. The lowest BCUT2D eigenvalue weighted by Crippen LogP contribution is -2.46. The highest BCUT2D eigenvalue weighted by Gasteiger charge is 2.20. The maximum absolute atomic E-state index is 11.9. The first-order chi connectivity index (χ1) is 14.0. The minimum Gasteiger partial charge on any atom is -0.368 e. The van der Waals surface area contributed by atoms with Crippen molar-refractivity contribution in [2.24, 2.45) is 0 Å². The molecule has 2 aromatic heterocycles. The number of hydrogen-bond acceptors (Lipinski definition) is 6. The molecule has 150 valence electrons. The van der Waals surface area contributed by atoms with Crippen LogP contribution >= 0.6 is 11.6 Å². The van der Waals surface area contributed by atoms with E-state index >= 15 is 0 Å². The van der Waals surface area contributed by atoms with Crippen LogP contribution in [0.1, 0.15) is 27.4 Å². The van der Waals surface area contributed by atoms with E-state index in [2.05, 4.69) is 24.8 Å². The highest BCUT2D eigenvalue weighted by molar-refractivity contribution is 6.35. The van der Waals surface area contributed by atoms with Crippen LogP contribution < -0.4 is 10.5 Å². The van der Waals surface area contributed by atoms with Gasteiger partial charge >= 0.3 is 0 Å². The van der Waals surface area contributed by atoms with E-state index in [0.29, 0.717) is 34.0 Å². The van der Waals surface area contributed by atoms with Crippen molar-refractivity contribution in [3.63, 3.8) is 0 Å². The van der Waals surface area contributed by atoms with E-state index in [1.165, 1.54) is 0 Å². The van der Waals surface area contributed by atoms with Gasteiger partial charge in [-0.1, -0.05) is 17.7 Å². The van der Waals surface area contributed by atoms with E-state index in [9.17, 15) is 9.59 Å². The van der Waals surface area contributed by atoms with Gasteiger partial charge in [-0.2, -0.15) is 0 Å². The second kappa shape index (κ2) is 7.93. The van der Waals surface area contributed by atoms with Crippen LogP contribution in [0.4, 0.5) is 5.69 Å². The number of piperazine rings is 1. The molecule has 29 heavy (non-hydrogen) atoms. The normalized spacial score (nSPS) is 15.1. The lowest BCUT2D eigenvalue weighted by atomic mass is 10.1. The van der Waals surface area contributed by atoms with Crippen molar-refractivity contribution in [1.82, 2.24) is 19.9 Å². The van der Waals surface area contributed by atoms with Crippen LogP contribution in [0.3, 0.4) is 0 Å². The van der Waals surface area contributed by atoms with Gasteiger partial charge in [-0.05, 0) is 37.6 Å². The van der Waals surface area contributed by atoms with Gasteiger partial charge in [0.2, 0.25) is 0 Å². The van der Waals surface area contributed by atoms with Crippen molar-refractivity contribution in [2.75, 3.05) is 31.1 Å². The van der Waals surface area contributed by atoms with Crippen LogP contribution in [0, 0.1) is 13.8 Å². The third-order valence-electron chi connectivity index (χ3n) is 5.36. The van der Waals surface area contributed by atoms with Crippen LogP contribution in [0.15, 0.2) is 29.1 Å². The lowest BCUT2D eigenvalue weighted by Gasteiger charge is -2.36. The second-order valence-corrected chi connectivity index (χ2v) is 7.68. The fourth-order valence-corrected chi connectivity index (χ4v) is 4.01. The summed E-state index contributed by atoms with van der Waals surface area (Å²) >= 11 is 6.58. The first kappa shape index (κ1) is 19.5. The van der Waals surface area contributed by atoms with Gasteiger partial charge in [-0.15, -0.1) is 0 Å². The molecule has 1 aromatic carbocycles. The molecule has 7 nitrogen and oxygen atoms in total. The number of rotatable bonds is 4. The van der Waals surface area contributed by atoms with Gasteiger partial charge in [0, 0.05) is 32.7 Å². The first-order valence-electron chi connectivity index (χ1n) is 9.54. The Labute approximate surface area is 173 Å². The van der Waals surface area contributed by atoms with Gasteiger partial charge in [-0.3, -0.25) is 14.5 Å². The van der Waals surface area contributed by atoms with E-state index in [-0.39, 0.29) is 5.56 Å². The molecule has 1 fully saturated rings. The Hall–Kier alpha value is -2.77. The Morgan fingerprint density at radius 3 is 2.52 bits per heavy atom. The van der Waals surface area contributed by atoms with Crippen molar-refractivity contribution in [1.29, 1.82) is 0 Å². The van der Waals surface area contributed by atoms with Gasteiger partial charge < -0.3 is 9.88 Å². The molecule has 0 unspecified atom stereocenters. The Bertz CT molecular complexity index is 1140. The number of halogens is 1. The van der Waals surface area contributed by atoms with Crippen molar-refractivity contribution in [3.8, 4) is 0 Å². The van der Waals surface area contributed by atoms with Crippen LogP contribution in [0.5, 0.6) is 0 Å². The SMILES string of the molecule is Cc1nc(C=O)ccc1N1CCN(Cc2ccc3nc(C)c(=O)[nH]c3c2Cl)CC1. The Kier molecular flexibility index (Phi) is 5.34. The third-order valence-corrected chi connectivity index (χ3v) is 5.79. The average Bonchev–Trinajstić information content (AvgIpc) is 2.72. The van der Waals surface area contributed by atoms with Crippen LogP contribution in [0.25, 0.3) is 11.0 Å². The van der Waals surface area contributed by atoms with E-state index in [0.717, 1.165) is 49.4 Å². The number of benzene rings is 1. The summed E-state index contributed by atoms with van der Waals surface area (Å²) in [5.41, 5.74) is 4.88. The highest BCUT2D eigenvalue weighted by Crippen LogP contribution is 2.26. The molecule has 0 spiro atoms. The standard InChI is InChI=1S/C21H22ClN5O2/c1-13-18(6-4-16(12-28)23-13)27-9-7-26(8-10-27)11-15-3-5-17-20(19(15)22)25-21(29)14(2)24-17/h3-6,12H,7-11H2,1-2H3,(H,25,29). The largest absolute Gasteiger partial charge is 0.368 e. The van der Waals surface area contributed by atoms with E-state index in [4.69, 9.17) is 11.6 Å². The van der Waals surface area contributed by atoms with Crippen LogP contribution in [0.2, 0.25) is 5.02 Å². The van der Waals surface area contributed by atoms with Crippen molar-refractivity contribution in [2.45, 2.75) is 20.4 Å². The van der Waals surface area contributed by atoms with Gasteiger partial charge in [0.15, 0.2) is 6.29 Å². The van der Waals surface area contributed by atoms with Gasteiger partial charge in [0.05, 0.1) is 27.4 Å². The molecule has 0 atom stereocenters. The number of fused-ring (bicyclic) bond motifs is 1. The molecule has 1 N–H and O–H groups in total. The molecular formula is C21H22ClN5O2. The number of aryl methyl sites for hydroxylation is 2. The van der Waals surface area contributed by atoms with E-state index in [1.54, 1.807) is 13.0 Å². The molecule has 0 aliphatic carbocycles. The molecule has 0 bridgehead atoms.